The maximum absolute atomic E-state index is 13.9. The zero-order chi connectivity index (χ0) is 27.6. The van der Waals surface area contributed by atoms with Crippen LogP contribution in [0.2, 0.25) is 0 Å². The molecule has 0 unspecified atom stereocenters. The lowest BCUT2D eigenvalue weighted by atomic mass is 9.78. The van der Waals surface area contributed by atoms with Gasteiger partial charge >= 0.3 is 0 Å². The fourth-order valence-corrected chi connectivity index (χ4v) is 6.98. The van der Waals surface area contributed by atoms with Crippen LogP contribution in [0.4, 0.5) is 0 Å². The van der Waals surface area contributed by atoms with Crippen molar-refractivity contribution in [2.75, 3.05) is 19.6 Å². The molecule has 2 saturated heterocycles. The molecule has 2 aromatic rings. The summed E-state index contributed by atoms with van der Waals surface area (Å²) < 4.78 is 2.01. The van der Waals surface area contributed by atoms with Crippen molar-refractivity contribution in [2.24, 2.45) is 5.92 Å². The molecule has 1 aliphatic carbocycles. The van der Waals surface area contributed by atoms with Crippen molar-refractivity contribution in [1.29, 1.82) is 0 Å². The van der Waals surface area contributed by atoms with Crippen LogP contribution in [0.1, 0.15) is 81.7 Å². The highest BCUT2D eigenvalue weighted by molar-refractivity contribution is 6.00. The Kier molecular flexibility index (Phi) is 11.7. The minimum absolute atomic E-state index is 0. The van der Waals surface area contributed by atoms with Gasteiger partial charge in [0, 0.05) is 37.4 Å². The van der Waals surface area contributed by atoms with Gasteiger partial charge in [-0.05, 0) is 64.0 Å². The summed E-state index contributed by atoms with van der Waals surface area (Å²) in [6.07, 6.45) is 7.40. The van der Waals surface area contributed by atoms with Gasteiger partial charge in [-0.1, -0.05) is 50.8 Å². The molecule has 2 N–H and O–H groups in total. The van der Waals surface area contributed by atoms with E-state index in [1.165, 1.54) is 12.0 Å². The average molecular weight is 609 g/mol. The number of carbonyl (C=O) groups excluding carboxylic acids is 2. The molecule has 2 atom stereocenters. The van der Waals surface area contributed by atoms with Gasteiger partial charge in [0.1, 0.15) is 11.6 Å². The number of amides is 2. The number of aromatic nitrogens is 2. The second kappa shape index (κ2) is 14.4. The molecule has 2 aliphatic heterocycles. The number of aliphatic hydroxyl groups is 1. The Hall–Kier alpha value is -2.13. The molecule has 1 aromatic carbocycles. The normalized spacial score (nSPS) is 22.1. The summed E-state index contributed by atoms with van der Waals surface area (Å²) in [6, 6.07) is 9.36. The lowest BCUT2D eigenvalue weighted by Crippen LogP contribution is -2.75. The minimum Gasteiger partial charge on any atom is -0.390 e. The first-order valence-corrected chi connectivity index (χ1v) is 15.0. The number of hydrogen-bond acceptors (Lipinski definition) is 5. The van der Waals surface area contributed by atoms with E-state index >= 15 is 0 Å². The standard InChI is InChI=1S/C31H45N5O3.2ClH/c1-4-5-18-35-29(38)27(28(37)24-12-8-6-9-13-24)32-30(39)31(35)16-19-34(20-17-31)21-26-22(2)33-36(23(26)3)25-14-10-7-11-15-25;;/h7,10-11,14-15,24,27-28,37H,4-6,8-9,12-13,16-21H2,1-3H3,(H,32,39);2*1H/t27-,28+;;/m1../s1. The third kappa shape index (κ3) is 6.61. The molecule has 41 heavy (non-hydrogen) atoms. The number of aliphatic hydroxyl groups excluding tert-OH is 1. The van der Waals surface area contributed by atoms with Gasteiger partial charge in [0.05, 0.1) is 17.5 Å². The minimum atomic E-state index is -0.830. The molecule has 3 heterocycles. The highest BCUT2D eigenvalue weighted by Crippen LogP contribution is 2.36. The van der Waals surface area contributed by atoms with E-state index in [4.69, 9.17) is 5.10 Å². The lowest BCUT2D eigenvalue weighted by molar-refractivity contribution is -0.166. The number of para-hydroxylation sites is 1. The summed E-state index contributed by atoms with van der Waals surface area (Å²) in [7, 11) is 0. The monoisotopic (exact) mass is 607 g/mol. The summed E-state index contributed by atoms with van der Waals surface area (Å²) in [5.74, 6) is -0.0902. The largest absolute Gasteiger partial charge is 0.390 e. The van der Waals surface area contributed by atoms with E-state index in [9.17, 15) is 14.7 Å². The van der Waals surface area contributed by atoms with Gasteiger partial charge in [-0.15, -0.1) is 24.8 Å². The number of nitrogens with one attached hydrogen (secondary N) is 1. The highest BCUT2D eigenvalue weighted by atomic mass is 35.5. The number of rotatable bonds is 8. The van der Waals surface area contributed by atoms with Gasteiger partial charge < -0.3 is 15.3 Å². The van der Waals surface area contributed by atoms with E-state index < -0.39 is 17.7 Å². The van der Waals surface area contributed by atoms with Crippen LogP contribution in [0.25, 0.3) is 5.69 Å². The van der Waals surface area contributed by atoms with Crippen LogP contribution in [0, 0.1) is 19.8 Å². The highest BCUT2D eigenvalue weighted by Gasteiger charge is 2.55. The number of hydrogen-bond donors (Lipinski definition) is 2. The number of unbranched alkanes of at least 4 members (excludes halogenated alkanes) is 1. The van der Waals surface area contributed by atoms with E-state index in [0.29, 0.717) is 19.4 Å². The van der Waals surface area contributed by atoms with Crippen LogP contribution in [-0.4, -0.2) is 73.8 Å². The van der Waals surface area contributed by atoms with Crippen LogP contribution >= 0.6 is 24.8 Å². The topological polar surface area (TPSA) is 90.7 Å². The molecule has 3 aliphatic rings. The fraction of sp³-hybridized carbons (Fsp3) is 0.645. The molecular weight excluding hydrogens is 561 g/mol. The molecule has 1 aromatic heterocycles. The van der Waals surface area contributed by atoms with E-state index in [1.807, 2.05) is 27.8 Å². The first-order chi connectivity index (χ1) is 18.9. The maximum Gasteiger partial charge on any atom is 0.248 e. The van der Waals surface area contributed by atoms with Crippen LogP contribution in [-0.2, 0) is 16.1 Å². The molecule has 0 bridgehead atoms. The summed E-state index contributed by atoms with van der Waals surface area (Å²) >= 11 is 0. The van der Waals surface area contributed by atoms with Crippen molar-refractivity contribution in [3.63, 3.8) is 0 Å². The Balaban J connectivity index is 0.00000231. The molecule has 8 nitrogen and oxygen atoms in total. The van der Waals surface area contributed by atoms with Crippen molar-refractivity contribution in [3.8, 4) is 5.69 Å². The SMILES string of the molecule is CCCCN1C(=O)[C@@H]([C@@H](O)C2CCCCC2)NC(=O)C12CCN(Cc1c(C)nn(-c3ccccc3)c1C)CC2.Cl.Cl. The Morgan fingerprint density at radius 2 is 1.71 bits per heavy atom. The Morgan fingerprint density at radius 1 is 1.05 bits per heavy atom. The number of aryl methyl sites for hydroxylation is 1. The number of nitrogens with zero attached hydrogens (tertiary/aromatic N) is 4. The Labute approximate surface area is 257 Å². The van der Waals surface area contributed by atoms with Gasteiger partial charge in [-0.3, -0.25) is 14.5 Å². The quantitative estimate of drug-likeness (QED) is 0.452. The van der Waals surface area contributed by atoms with Crippen LogP contribution < -0.4 is 5.32 Å². The van der Waals surface area contributed by atoms with Crippen LogP contribution in [0.15, 0.2) is 30.3 Å². The van der Waals surface area contributed by atoms with Crippen molar-refractivity contribution in [3.05, 3.63) is 47.3 Å². The van der Waals surface area contributed by atoms with Crippen LogP contribution in [0.3, 0.4) is 0 Å². The van der Waals surface area contributed by atoms with Crippen molar-refractivity contribution in [2.45, 2.75) is 103 Å². The number of likely N-dealkylation sites (tertiary alicyclic amines) is 1. The molecule has 1 saturated carbocycles. The first kappa shape index (κ1) is 33.4. The van der Waals surface area contributed by atoms with Crippen molar-refractivity contribution >= 4 is 36.6 Å². The zero-order valence-electron chi connectivity index (χ0n) is 24.7. The molecule has 2 amide bonds. The number of carbonyl (C=O) groups is 2. The first-order valence-electron chi connectivity index (χ1n) is 15.0. The Bertz CT molecular complexity index is 1160. The average Bonchev–Trinajstić information content (AvgIpc) is 3.25. The lowest BCUT2D eigenvalue weighted by Gasteiger charge is -2.52. The van der Waals surface area contributed by atoms with Gasteiger partial charge in [0.25, 0.3) is 0 Å². The molecule has 0 radical (unpaired) electrons. The van der Waals surface area contributed by atoms with Gasteiger partial charge in [-0.25, -0.2) is 4.68 Å². The number of benzene rings is 1. The van der Waals surface area contributed by atoms with Crippen molar-refractivity contribution in [1.82, 2.24) is 24.9 Å². The van der Waals surface area contributed by atoms with E-state index in [1.54, 1.807) is 0 Å². The van der Waals surface area contributed by atoms with Gasteiger partial charge in [0.2, 0.25) is 11.8 Å². The van der Waals surface area contributed by atoms with E-state index in [-0.39, 0.29) is 42.5 Å². The fourth-order valence-electron chi connectivity index (χ4n) is 6.98. The number of piperidine rings is 1. The maximum atomic E-state index is 13.9. The molecule has 10 heteroatoms. The molecule has 1 spiro atoms. The summed E-state index contributed by atoms with van der Waals surface area (Å²) in [5.41, 5.74) is 3.59. The van der Waals surface area contributed by atoms with E-state index in [2.05, 4.69) is 43.1 Å². The predicted molar refractivity (Wildman–Crippen MR) is 166 cm³/mol. The summed E-state index contributed by atoms with van der Waals surface area (Å²) in [6.45, 7) is 9.09. The van der Waals surface area contributed by atoms with Crippen LogP contribution in [0.5, 0.6) is 0 Å². The van der Waals surface area contributed by atoms with E-state index in [0.717, 1.165) is 75.2 Å². The van der Waals surface area contributed by atoms with Crippen molar-refractivity contribution < 1.29 is 14.7 Å². The molecular formula is C31H47Cl2N5O3. The predicted octanol–water partition coefficient (Wildman–Crippen LogP) is 4.74. The second-order valence-electron chi connectivity index (χ2n) is 11.9. The third-order valence-electron chi connectivity index (χ3n) is 9.47. The number of piperazine rings is 1. The molecule has 5 rings (SSSR count). The summed E-state index contributed by atoms with van der Waals surface area (Å²) in [5, 5.41) is 19.0. The molecule has 3 fully saturated rings. The zero-order valence-corrected chi connectivity index (χ0v) is 26.3. The summed E-state index contributed by atoms with van der Waals surface area (Å²) in [4.78, 5) is 31.9. The van der Waals surface area contributed by atoms with Gasteiger partial charge in [0.15, 0.2) is 0 Å². The second-order valence-corrected chi connectivity index (χ2v) is 11.9. The van der Waals surface area contributed by atoms with Gasteiger partial charge in [-0.2, -0.15) is 5.10 Å². The molecule has 228 valence electrons. The Morgan fingerprint density at radius 3 is 2.34 bits per heavy atom. The third-order valence-corrected chi connectivity index (χ3v) is 9.47. The smallest absolute Gasteiger partial charge is 0.248 e. The number of halogens is 2.